The second-order valence-electron chi connectivity index (χ2n) is 8.50. The maximum absolute atomic E-state index is 10.2. The molecular formula is C27H34O3Si. The van der Waals surface area contributed by atoms with E-state index < -0.39 is 19.8 Å². The predicted octanol–water partition coefficient (Wildman–Crippen LogP) is 5.57. The average molecular weight is 435 g/mol. The molecule has 3 aromatic rings. The van der Waals surface area contributed by atoms with E-state index in [9.17, 15) is 5.11 Å². The smallest absolute Gasteiger partial charge is 0.216 e. The van der Waals surface area contributed by atoms with Crippen LogP contribution in [0.5, 0.6) is 0 Å². The van der Waals surface area contributed by atoms with Gasteiger partial charge in [-0.3, -0.25) is 0 Å². The average Bonchev–Trinajstić information content (AvgIpc) is 2.82. The molecule has 0 amide bonds. The summed E-state index contributed by atoms with van der Waals surface area (Å²) in [6, 6.07) is 31.7. The van der Waals surface area contributed by atoms with Gasteiger partial charge in [-0.25, -0.2) is 0 Å². The number of benzene rings is 3. The van der Waals surface area contributed by atoms with Crippen molar-refractivity contribution in [3.63, 3.8) is 0 Å². The zero-order valence-corrected chi connectivity index (χ0v) is 20.0. The maximum Gasteiger partial charge on any atom is 0.216 e. The monoisotopic (exact) mass is 434 g/mol. The molecule has 3 rings (SSSR count). The molecule has 0 unspecified atom stereocenters. The highest BCUT2D eigenvalue weighted by Crippen LogP contribution is 2.46. The highest BCUT2D eigenvalue weighted by atomic mass is 28.4. The van der Waals surface area contributed by atoms with Crippen LogP contribution in [0.3, 0.4) is 0 Å². The first-order chi connectivity index (χ1) is 15.0. The van der Waals surface area contributed by atoms with E-state index in [0.29, 0.717) is 13.0 Å². The predicted molar refractivity (Wildman–Crippen MR) is 130 cm³/mol. The molecule has 3 nitrogen and oxygen atoms in total. The van der Waals surface area contributed by atoms with Gasteiger partial charge in [0.25, 0.3) is 0 Å². The summed E-state index contributed by atoms with van der Waals surface area (Å²) < 4.78 is 12.8. The number of rotatable bonds is 10. The van der Waals surface area contributed by atoms with Gasteiger partial charge in [0.1, 0.15) is 0 Å². The largest absolute Gasteiger partial charge is 0.412 e. The minimum Gasteiger partial charge on any atom is -0.412 e. The summed E-state index contributed by atoms with van der Waals surface area (Å²) in [7, 11) is -0.697. The van der Waals surface area contributed by atoms with Crippen molar-refractivity contribution >= 4 is 8.32 Å². The van der Waals surface area contributed by atoms with Gasteiger partial charge in [0.05, 0.1) is 23.9 Å². The van der Waals surface area contributed by atoms with Gasteiger partial charge in [0.2, 0.25) is 8.32 Å². The van der Waals surface area contributed by atoms with E-state index in [-0.39, 0.29) is 5.73 Å². The number of aliphatic hydroxyl groups excluding tert-OH is 1. The zero-order chi connectivity index (χ0) is 22.3. The maximum atomic E-state index is 10.2. The first-order valence-corrected chi connectivity index (χ1v) is 14.0. The Hall–Kier alpha value is -2.24. The van der Waals surface area contributed by atoms with Crippen molar-refractivity contribution in [2.45, 2.75) is 43.7 Å². The van der Waals surface area contributed by atoms with Crippen LogP contribution in [-0.4, -0.2) is 39.0 Å². The molecule has 31 heavy (non-hydrogen) atoms. The molecule has 3 aromatic carbocycles. The van der Waals surface area contributed by atoms with E-state index in [2.05, 4.69) is 85.9 Å². The highest BCUT2D eigenvalue weighted by molar-refractivity contribution is 6.73. The van der Waals surface area contributed by atoms with Gasteiger partial charge in [-0.05, 0) is 36.2 Å². The van der Waals surface area contributed by atoms with Crippen molar-refractivity contribution < 1.29 is 14.3 Å². The number of aliphatic hydroxyl groups is 1. The van der Waals surface area contributed by atoms with Crippen molar-refractivity contribution in [3.05, 3.63) is 108 Å². The molecule has 0 saturated carbocycles. The van der Waals surface area contributed by atoms with Crippen LogP contribution >= 0.6 is 0 Å². The number of methoxy groups -OCH3 is 1. The van der Waals surface area contributed by atoms with E-state index in [1.165, 1.54) is 16.7 Å². The Morgan fingerprint density at radius 1 is 0.774 bits per heavy atom. The van der Waals surface area contributed by atoms with Crippen molar-refractivity contribution in [1.29, 1.82) is 0 Å². The molecule has 0 aromatic heterocycles. The lowest BCUT2D eigenvalue weighted by Gasteiger charge is -2.47. The molecule has 0 heterocycles. The topological polar surface area (TPSA) is 38.7 Å². The van der Waals surface area contributed by atoms with Gasteiger partial charge < -0.3 is 14.3 Å². The SMILES string of the molecule is CC[C@H](O)CO[Si](C)(C)[C@@H](OC)C(c1ccccc1)(c1ccccc1)c1ccccc1. The van der Waals surface area contributed by atoms with E-state index >= 15 is 0 Å². The van der Waals surface area contributed by atoms with Crippen LogP contribution in [-0.2, 0) is 14.6 Å². The molecular weight excluding hydrogens is 400 g/mol. The van der Waals surface area contributed by atoms with E-state index in [0.717, 1.165) is 0 Å². The molecule has 2 atom stereocenters. The van der Waals surface area contributed by atoms with E-state index in [4.69, 9.17) is 9.16 Å². The first kappa shape index (κ1) is 23.4. The molecule has 0 aliphatic heterocycles. The Morgan fingerprint density at radius 3 is 1.48 bits per heavy atom. The molecule has 0 spiro atoms. The van der Waals surface area contributed by atoms with Gasteiger partial charge in [0.15, 0.2) is 0 Å². The van der Waals surface area contributed by atoms with E-state index in [1.54, 1.807) is 7.11 Å². The lowest BCUT2D eigenvalue weighted by molar-refractivity contribution is 0.0657. The van der Waals surface area contributed by atoms with Crippen LogP contribution in [0, 0.1) is 0 Å². The minimum absolute atomic E-state index is 0.226. The standard InChI is InChI=1S/C27H34O3Si/c1-5-25(28)21-30-31(3,4)26(29-2)27(22-15-9-6-10-16-22,23-17-11-7-12-18-23)24-19-13-8-14-20-24/h6-20,25-26,28H,5,21H2,1-4H3/t25-,26+/m0/s1. The molecule has 4 heteroatoms. The number of hydrogen-bond donors (Lipinski definition) is 1. The normalized spacial score (nSPS) is 14.2. The van der Waals surface area contributed by atoms with Gasteiger partial charge >= 0.3 is 0 Å². The van der Waals surface area contributed by atoms with Crippen LogP contribution in [0.2, 0.25) is 13.1 Å². The Balaban J connectivity index is 2.28. The molecule has 0 bridgehead atoms. The Bertz CT molecular complexity index is 816. The first-order valence-electron chi connectivity index (χ1n) is 11.0. The van der Waals surface area contributed by atoms with Crippen LogP contribution < -0.4 is 0 Å². The fourth-order valence-electron chi connectivity index (χ4n) is 4.54. The molecule has 164 valence electrons. The second kappa shape index (κ2) is 10.4. The molecule has 0 radical (unpaired) electrons. The third-order valence-electron chi connectivity index (χ3n) is 6.07. The van der Waals surface area contributed by atoms with Crippen molar-refractivity contribution in [3.8, 4) is 0 Å². The number of ether oxygens (including phenoxy) is 1. The highest BCUT2D eigenvalue weighted by Gasteiger charge is 2.53. The van der Waals surface area contributed by atoms with E-state index in [1.807, 2.05) is 25.1 Å². The lowest BCUT2D eigenvalue weighted by atomic mass is 9.69. The summed E-state index contributed by atoms with van der Waals surface area (Å²) in [5.41, 5.74) is 2.72. The van der Waals surface area contributed by atoms with Gasteiger partial charge in [-0.15, -0.1) is 0 Å². The second-order valence-corrected chi connectivity index (χ2v) is 12.5. The molecule has 0 aliphatic rings. The van der Waals surface area contributed by atoms with Gasteiger partial charge in [0, 0.05) is 7.11 Å². The third-order valence-corrected chi connectivity index (χ3v) is 8.91. The summed E-state index contributed by atoms with van der Waals surface area (Å²) in [5, 5.41) is 10.2. The van der Waals surface area contributed by atoms with Crippen molar-refractivity contribution in [2.75, 3.05) is 13.7 Å². The summed E-state index contributed by atoms with van der Waals surface area (Å²) in [5.74, 6) is 0. The summed E-state index contributed by atoms with van der Waals surface area (Å²) in [6.07, 6.45) is 0.201. The summed E-state index contributed by atoms with van der Waals surface area (Å²) in [6.45, 7) is 6.67. The minimum atomic E-state index is -2.48. The molecule has 1 N–H and O–H groups in total. The molecule has 0 aliphatic carbocycles. The summed E-state index contributed by atoms with van der Waals surface area (Å²) >= 11 is 0. The zero-order valence-electron chi connectivity index (χ0n) is 19.0. The van der Waals surface area contributed by atoms with Crippen LogP contribution in [0.1, 0.15) is 30.0 Å². The fraction of sp³-hybridized carbons (Fsp3) is 0.333. The molecule has 0 fully saturated rings. The van der Waals surface area contributed by atoms with Crippen LogP contribution in [0.15, 0.2) is 91.0 Å². The van der Waals surface area contributed by atoms with Gasteiger partial charge in [-0.1, -0.05) is 97.9 Å². The Kier molecular flexibility index (Phi) is 7.84. The third kappa shape index (κ3) is 4.83. The number of hydrogen-bond acceptors (Lipinski definition) is 3. The molecule has 0 saturated heterocycles. The fourth-order valence-corrected chi connectivity index (χ4v) is 7.43. The van der Waals surface area contributed by atoms with Crippen molar-refractivity contribution in [2.24, 2.45) is 0 Å². The van der Waals surface area contributed by atoms with Crippen molar-refractivity contribution in [1.82, 2.24) is 0 Å². The summed E-state index contributed by atoms with van der Waals surface area (Å²) in [4.78, 5) is 0. The quantitative estimate of drug-likeness (QED) is 0.335. The van der Waals surface area contributed by atoms with Crippen LogP contribution in [0.25, 0.3) is 0 Å². The lowest BCUT2D eigenvalue weighted by Crippen LogP contribution is -2.59. The Morgan fingerprint density at radius 2 is 1.16 bits per heavy atom. The van der Waals surface area contributed by atoms with Gasteiger partial charge in [-0.2, -0.15) is 0 Å². The Labute approximate surface area is 187 Å². The van der Waals surface area contributed by atoms with Crippen LogP contribution in [0.4, 0.5) is 0 Å².